The van der Waals surface area contributed by atoms with Crippen molar-refractivity contribution in [3.05, 3.63) is 94.4 Å². The third kappa shape index (κ3) is 4.23. The number of nitrogens with one attached hydrogen (secondary N) is 1. The van der Waals surface area contributed by atoms with Crippen LogP contribution in [0.5, 0.6) is 0 Å². The first-order valence-electron chi connectivity index (χ1n) is 10.5. The summed E-state index contributed by atoms with van der Waals surface area (Å²) in [6.45, 7) is 8.15. The van der Waals surface area contributed by atoms with Gasteiger partial charge in [0.25, 0.3) is 5.56 Å². The van der Waals surface area contributed by atoms with Crippen molar-refractivity contribution in [2.24, 2.45) is 0 Å². The zero-order chi connectivity index (χ0) is 22.7. The Balaban J connectivity index is 1.67. The molecule has 0 saturated carbocycles. The molecule has 0 fully saturated rings. The van der Waals surface area contributed by atoms with Crippen molar-refractivity contribution in [1.82, 2.24) is 19.2 Å². The van der Waals surface area contributed by atoms with Gasteiger partial charge in [0, 0.05) is 35.5 Å². The van der Waals surface area contributed by atoms with Crippen molar-refractivity contribution in [2.75, 3.05) is 5.32 Å². The van der Waals surface area contributed by atoms with Gasteiger partial charge in [-0.2, -0.15) is 9.50 Å². The highest BCUT2D eigenvalue weighted by Crippen LogP contribution is 2.18. The molecule has 0 radical (unpaired) electrons. The number of hydrogen-bond acceptors (Lipinski definition) is 4. The van der Waals surface area contributed by atoms with E-state index in [1.807, 2.05) is 73.0 Å². The van der Waals surface area contributed by atoms with Crippen molar-refractivity contribution in [1.29, 1.82) is 0 Å². The first-order valence-corrected chi connectivity index (χ1v) is 10.5. The molecule has 7 nitrogen and oxygen atoms in total. The maximum absolute atomic E-state index is 13.3. The number of carbonyl (C=O) groups excluding carboxylic acids is 1. The number of aromatic nitrogens is 4. The second-order valence-corrected chi connectivity index (χ2v) is 7.70. The number of nitrogens with zero attached hydrogens (tertiary/aromatic N) is 4. The molecule has 0 bridgehead atoms. The SMILES string of the molecule is C=CCn1c(C)c(CCC(=O)Nc2cccc(C)c2)c(=O)n2nc(-c3ccccc3)nc12. The Morgan fingerprint density at radius 3 is 2.62 bits per heavy atom. The Hall–Kier alpha value is -4.00. The Bertz CT molecular complexity index is 1350. The minimum absolute atomic E-state index is 0.145. The van der Waals surface area contributed by atoms with Gasteiger partial charge in [-0.3, -0.25) is 9.59 Å². The fourth-order valence-corrected chi connectivity index (χ4v) is 3.74. The maximum Gasteiger partial charge on any atom is 0.279 e. The molecule has 2 aromatic heterocycles. The molecule has 4 rings (SSSR count). The van der Waals surface area contributed by atoms with Crippen LogP contribution < -0.4 is 10.9 Å². The van der Waals surface area contributed by atoms with Gasteiger partial charge in [-0.25, -0.2) is 0 Å². The van der Waals surface area contributed by atoms with E-state index in [0.29, 0.717) is 30.1 Å². The van der Waals surface area contributed by atoms with Crippen molar-refractivity contribution in [3.8, 4) is 11.4 Å². The molecule has 4 aromatic rings. The van der Waals surface area contributed by atoms with Crippen LogP contribution in [0.1, 0.15) is 23.2 Å². The van der Waals surface area contributed by atoms with Gasteiger partial charge < -0.3 is 9.88 Å². The van der Waals surface area contributed by atoms with Crippen LogP contribution in [0.4, 0.5) is 5.69 Å². The molecule has 2 aromatic carbocycles. The number of carbonyl (C=O) groups is 1. The van der Waals surface area contributed by atoms with E-state index in [0.717, 1.165) is 22.5 Å². The lowest BCUT2D eigenvalue weighted by Crippen LogP contribution is -2.27. The minimum Gasteiger partial charge on any atom is -0.326 e. The van der Waals surface area contributed by atoms with E-state index in [1.165, 1.54) is 4.52 Å². The number of benzene rings is 2. The van der Waals surface area contributed by atoms with Crippen LogP contribution in [0.3, 0.4) is 0 Å². The first-order chi connectivity index (χ1) is 15.5. The van der Waals surface area contributed by atoms with E-state index in [1.54, 1.807) is 6.08 Å². The topological polar surface area (TPSA) is 81.3 Å². The lowest BCUT2D eigenvalue weighted by molar-refractivity contribution is -0.116. The predicted molar refractivity (Wildman–Crippen MR) is 126 cm³/mol. The summed E-state index contributed by atoms with van der Waals surface area (Å²) in [6.07, 6.45) is 2.24. The van der Waals surface area contributed by atoms with Crippen LogP contribution in [-0.4, -0.2) is 25.1 Å². The zero-order valence-corrected chi connectivity index (χ0v) is 18.2. The normalized spacial score (nSPS) is 10.9. The van der Waals surface area contributed by atoms with Crippen molar-refractivity contribution < 1.29 is 4.79 Å². The Labute approximate surface area is 186 Å². The van der Waals surface area contributed by atoms with E-state index >= 15 is 0 Å². The number of rotatable bonds is 7. The molecule has 0 unspecified atom stereocenters. The van der Waals surface area contributed by atoms with Gasteiger partial charge in [-0.15, -0.1) is 11.7 Å². The second-order valence-electron chi connectivity index (χ2n) is 7.70. The highest BCUT2D eigenvalue weighted by molar-refractivity contribution is 5.90. The summed E-state index contributed by atoms with van der Waals surface area (Å²) < 4.78 is 3.23. The average molecular weight is 428 g/mol. The van der Waals surface area contributed by atoms with E-state index in [9.17, 15) is 9.59 Å². The Kier molecular flexibility index (Phi) is 5.98. The quantitative estimate of drug-likeness (QED) is 0.453. The van der Waals surface area contributed by atoms with Gasteiger partial charge in [-0.05, 0) is 38.0 Å². The Morgan fingerprint density at radius 1 is 1.12 bits per heavy atom. The van der Waals surface area contributed by atoms with Gasteiger partial charge in [0.1, 0.15) is 0 Å². The number of fused-ring (bicyclic) bond motifs is 1. The van der Waals surface area contributed by atoms with E-state index in [4.69, 9.17) is 0 Å². The summed E-state index contributed by atoms with van der Waals surface area (Å²) >= 11 is 0. The lowest BCUT2D eigenvalue weighted by atomic mass is 10.1. The number of aryl methyl sites for hydroxylation is 1. The lowest BCUT2D eigenvalue weighted by Gasteiger charge is -2.14. The van der Waals surface area contributed by atoms with E-state index < -0.39 is 0 Å². The second kappa shape index (κ2) is 9.01. The average Bonchev–Trinajstić information content (AvgIpc) is 3.23. The number of allylic oxidation sites excluding steroid dienone is 1. The maximum atomic E-state index is 13.3. The molecule has 0 atom stereocenters. The molecule has 0 aliphatic carbocycles. The number of amides is 1. The summed E-state index contributed by atoms with van der Waals surface area (Å²) in [6, 6.07) is 17.2. The summed E-state index contributed by atoms with van der Waals surface area (Å²) in [4.78, 5) is 30.4. The van der Waals surface area contributed by atoms with E-state index in [2.05, 4.69) is 22.0 Å². The Morgan fingerprint density at radius 2 is 1.91 bits per heavy atom. The van der Waals surface area contributed by atoms with Gasteiger partial charge in [0.15, 0.2) is 5.82 Å². The van der Waals surface area contributed by atoms with Crippen LogP contribution in [-0.2, 0) is 17.8 Å². The molecule has 1 amide bonds. The first kappa shape index (κ1) is 21.2. The molecule has 2 heterocycles. The van der Waals surface area contributed by atoms with Crippen molar-refractivity contribution in [3.63, 3.8) is 0 Å². The van der Waals surface area contributed by atoms with Crippen LogP contribution in [0.25, 0.3) is 17.2 Å². The summed E-state index contributed by atoms with van der Waals surface area (Å²) in [5.41, 5.74) is 3.70. The van der Waals surface area contributed by atoms with Crippen molar-refractivity contribution in [2.45, 2.75) is 33.2 Å². The van der Waals surface area contributed by atoms with Gasteiger partial charge in [0.05, 0.1) is 0 Å². The van der Waals surface area contributed by atoms with Crippen LogP contribution in [0.15, 0.2) is 72.0 Å². The summed E-state index contributed by atoms with van der Waals surface area (Å²) in [5.74, 6) is 0.793. The van der Waals surface area contributed by atoms with E-state index in [-0.39, 0.29) is 17.9 Å². The highest BCUT2D eigenvalue weighted by Gasteiger charge is 2.19. The fraction of sp³-hybridized carbons (Fsp3) is 0.200. The summed E-state index contributed by atoms with van der Waals surface area (Å²) in [5, 5.41) is 7.36. The monoisotopic (exact) mass is 427 g/mol. The summed E-state index contributed by atoms with van der Waals surface area (Å²) in [7, 11) is 0. The van der Waals surface area contributed by atoms with Crippen LogP contribution in [0, 0.1) is 13.8 Å². The van der Waals surface area contributed by atoms with Gasteiger partial charge in [-0.1, -0.05) is 48.5 Å². The molecule has 162 valence electrons. The standard InChI is InChI=1S/C25H25N5O2/c1-4-15-29-18(3)21(13-14-22(31)26-20-12-8-9-17(2)16-20)24(32)30-25(29)27-23(28-30)19-10-6-5-7-11-19/h4-12,16H,1,13-15H2,2-3H3,(H,26,31). The smallest absolute Gasteiger partial charge is 0.279 e. The van der Waals surface area contributed by atoms with Crippen LogP contribution in [0.2, 0.25) is 0 Å². The molecule has 0 aliphatic heterocycles. The van der Waals surface area contributed by atoms with Crippen LogP contribution >= 0.6 is 0 Å². The highest BCUT2D eigenvalue weighted by atomic mass is 16.1. The molecule has 0 spiro atoms. The molecule has 0 aliphatic rings. The predicted octanol–water partition coefficient (Wildman–Crippen LogP) is 3.93. The molecule has 1 N–H and O–H groups in total. The van der Waals surface area contributed by atoms with Gasteiger partial charge in [0.2, 0.25) is 11.7 Å². The molecule has 7 heteroatoms. The molecule has 32 heavy (non-hydrogen) atoms. The zero-order valence-electron chi connectivity index (χ0n) is 18.2. The largest absolute Gasteiger partial charge is 0.326 e. The number of anilines is 1. The van der Waals surface area contributed by atoms with Gasteiger partial charge >= 0.3 is 0 Å². The fourth-order valence-electron chi connectivity index (χ4n) is 3.74. The molecular formula is C25H25N5O2. The van der Waals surface area contributed by atoms with Crippen molar-refractivity contribution >= 4 is 17.4 Å². The third-order valence-electron chi connectivity index (χ3n) is 5.37. The third-order valence-corrected chi connectivity index (χ3v) is 5.37. The molecular weight excluding hydrogens is 402 g/mol. The number of hydrogen-bond donors (Lipinski definition) is 1. The molecule has 0 saturated heterocycles. The minimum atomic E-state index is -0.254.